The van der Waals surface area contributed by atoms with Gasteiger partial charge in [0.2, 0.25) is 0 Å². The molecule has 1 N–H and O–H groups in total. The molecular formula is C17H20FNO2. The summed E-state index contributed by atoms with van der Waals surface area (Å²) < 4.78 is 23.8. The van der Waals surface area contributed by atoms with Crippen LogP contribution in [0.5, 0.6) is 11.5 Å². The summed E-state index contributed by atoms with van der Waals surface area (Å²) in [5.74, 6) is 0.769. The minimum absolute atomic E-state index is 0.0735. The molecule has 2 rings (SSSR count). The highest BCUT2D eigenvalue weighted by atomic mass is 19.1. The van der Waals surface area contributed by atoms with Gasteiger partial charge in [0.05, 0.1) is 14.2 Å². The molecule has 4 heteroatoms. The topological polar surface area (TPSA) is 30.5 Å². The van der Waals surface area contributed by atoms with Gasteiger partial charge < -0.3 is 14.8 Å². The standard InChI is InChI=1S/C17H20FNO2/c1-12(13-8-9-15(18)17(10-13)21-3)19-11-14-6-4-5-7-16(14)20-2/h4-10,12,19H,11H2,1-3H3. The summed E-state index contributed by atoms with van der Waals surface area (Å²) in [6.45, 7) is 2.70. The lowest BCUT2D eigenvalue weighted by Gasteiger charge is -2.16. The van der Waals surface area contributed by atoms with E-state index in [0.717, 1.165) is 16.9 Å². The first-order chi connectivity index (χ1) is 10.2. The van der Waals surface area contributed by atoms with E-state index in [0.29, 0.717) is 6.54 Å². The van der Waals surface area contributed by atoms with Crippen LogP contribution in [0.1, 0.15) is 24.1 Å². The highest BCUT2D eigenvalue weighted by Crippen LogP contribution is 2.23. The molecule has 3 nitrogen and oxygen atoms in total. The lowest BCUT2D eigenvalue weighted by molar-refractivity contribution is 0.384. The Morgan fingerprint density at radius 3 is 2.48 bits per heavy atom. The largest absolute Gasteiger partial charge is 0.496 e. The van der Waals surface area contributed by atoms with Crippen LogP contribution in [-0.4, -0.2) is 14.2 Å². The number of halogens is 1. The molecule has 0 aromatic heterocycles. The Kier molecular flexibility index (Phi) is 5.17. The van der Waals surface area contributed by atoms with Gasteiger partial charge in [-0.15, -0.1) is 0 Å². The van der Waals surface area contributed by atoms with Gasteiger partial charge in [-0.25, -0.2) is 4.39 Å². The molecule has 2 aromatic rings. The summed E-state index contributed by atoms with van der Waals surface area (Å²) in [6.07, 6.45) is 0. The van der Waals surface area contributed by atoms with E-state index in [1.807, 2.05) is 31.2 Å². The molecular weight excluding hydrogens is 269 g/mol. The Morgan fingerprint density at radius 2 is 1.76 bits per heavy atom. The predicted molar refractivity (Wildman–Crippen MR) is 81.2 cm³/mol. The summed E-state index contributed by atoms with van der Waals surface area (Å²) in [4.78, 5) is 0. The Bertz CT molecular complexity index is 601. The number of hydrogen-bond donors (Lipinski definition) is 1. The van der Waals surface area contributed by atoms with Crippen molar-refractivity contribution in [2.75, 3.05) is 14.2 Å². The van der Waals surface area contributed by atoms with Crippen LogP contribution in [0.25, 0.3) is 0 Å². The molecule has 21 heavy (non-hydrogen) atoms. The number of benzene rings is 2. The molecule has 0 aliphatic rings. The van der Waals surface area contributed by atoms with Crippen LogP contribution < -0.4 is 14.8 Å². The van der Waals surface area contributed by atoms with Crippen LogP contribution in [0.15, 0.2) is 42.5 Å². The van der Waals surface area contributed by atoms with E-state index in [2.05, 4.69) is 5.32 Å². The Morgan fingerprint density at radius 1 is 1.05 bits per heavy atom. The first kappa shape index (κ1) is 15.3. The van der Waals surface area contributed by atoms with Crippen LogP contribution in [0, 0.1) is 5.82 Å². The van der Waals surface area contributed by atoms with Gasteiger partial charge in [0.1, 0.15) is 5.75 Å². The van der Waals surface area contributed by atoms with Crippen molar-refractivity contribution in [1.29, 1.82) is 0 Å². The highest BCUT2D eigenvalue weighted by Gasteiger charge is 2.10. The lowest BCUT2D eigenvalue weighted by atomic mass is 10.1. The predicted octanol–water partition coefficient (Wildman–Crippen LogP) is 3.69. The molecule has 1 unspecified atom stereocenters. The zero-order valence-electron chi connectivity index (χ0n) is 12.5. The Balaban J connectivity index is 2.06. The molecule has 1 atom stereocenters. The molecule has 0 bridgehead atoms. The Labute approximate surface area is 124 Å². The first-order valence-corrected chi connectivity index (χ1v) is 6.84. The fourth-order valence-electron chi connectivity index (χ4n) is 2.18. The van der Waals surface area contributed by atoms with Gasteiger partial charge in [0.15, 0.2) is 11.6 Å². The third kappa shape index (κ3) is 3.73. The van der Waals surface area contributed by atoms with E-state index in [9.17, 15) is 4.39 Å². The minimum Gasteiger partial charge on any atom is -0.496 e. The van der Waals surface area contributed by atoms with Crippen LogP contribution in [-0.2, 0) is 6.54 Å². The number of nitrogens with one attached hydrogen (secondary N) is 1. The molecule has 0 saturated heterocycles. The van der Waals surface area contributed by atoms with Gasteiger partial charge >= 0.3 is 0 Å². The zero-order valence-corrected chi connectivity index (χ0v) is 12.5. The second-order valence-corrected chi connectivity index (χ2v) is 4.81. The molecule has 0 aliphatic heterocycles. The third-order valence-electron chi connectivity index (χ3n) is 3.47. The molecule has 0 spiro atoms. The van der Waals surface area contributed by atoms with Gasteiger partial charge in [0.25, 0.3) is 0 Å². The average molecular weight is 289 g/mol. The van der Waals surface area contributed by atoms with Crippen molar-refractivity contribution in [3.63, 3.8) is 0 Å². The normalized spacial score (nSPS) is 12.0. The quantitative estimate of drug-likeness (QED) is 0.879. The second kappa shape index (κ2) is 7.09. The smallest absolute Gasteiger partial charge is 0.165 e. The number of para-hydroxylation sites is 1. The Hall–Kier alpha value is -2.07. The van der Waals surface area contributed by atoms with Crippen molar-refractivity contribution in [3.8, 4) is 11.5 Å². The van der Waals surface area contributed by atoms with E-state index in [1.54, 1.807) is 19.2 Å². The van der Waals surface area contributed by atoms with E-state index in [4.69, 9.17) is 9.47 Å². The molecule has 2 aromatic carbocycles. The summed E-state index contributed by atoms with van der Waals surface area (Å²) in [5.41, 5.74) is 2.06. The van der Waals surface area contributed by atoms with Gasteiger partial charge in [-0.1, -0.05) is 24.3 Å². The number of hydrogen-bond acceptors (Lipinski definition) is 3. The van der Waals surface area contributed by atoms with Crippen LogP contribution in [0.3, 0.4) is 0 Å². The minimum atomic E-state index is -0.349. The van der Waals surface area contributed by atoms with Crippen molar-refractivity contribution in [1.82, 2.24) is 5.32 Å². The molecule has 0 fully saturated rings. The van der Waals surface area contributed by atoms with Crippen LogP contribution in [0.4, 0.5) is 4.39 Å². The molecule has 0 aliphatic carbocycles. The SMILES string of the molecule is COc1cc(C(C)NCc2ccccc2OC)ccc1F. The van der Waals surface area contributed by atoms with Crippen molar-refractivity contribution in [2.45, 2.75) is 19.5 Å². The van der Waals surface area contributed by atoms with E-state index >= 15 is 0 Å². The average Bonchev–Trinajstić information content (AvgIpc) is 2.53. The van der Waals surface area contributed by atoms with Crippen LogP contribution >= 0.6 is 0 Å². The monoisotopic (exact) mass is 289 g/mol. The number of ether oxygens (including phenoxy) is 2. The number of rotatable bonds is 6. The molecule has 0 heterocycles. The molecule has 0 saturated carbocycles. The van der Waals surface area contributed by atoms with Gasteiger partial charge in [0, 0.05) is 18.2 Å². The van der Waals surface area contributed by atoms with Gasteiger partial charge in [-0.3, -0.25) is 0 Å². The molecule has 0 amide bonds. The molecule has 112 valence electrons. The van der Waals surface area contributed by atoms with E-state index in [-0.39, 0.29) is 17.6 Å². The zero-order chi connectivity index (χ0) is 15.2. The maximum Gasteiger partial charge on any atom is 0.165 e. The summed E-state index contributed by atoms with van der Waals surface area (Å²) in [6, 6.07) is 12.8. The number of methoxy groups -OCH3 is 2. The third-order valence-corrected chi connectivity index (χ3v) is 3.47. The van der Waals surface area contributed by atoms with Crippen molar-refractivity contribution >= 4 is 0 Å². The second-order valence-electron chi connectivity index (χ2n) is 4.81. The summed E-state index contributed by atoms with van der Waals surface area (Å²) >= 11 is 0. The first-order valence-electron chi connectivity index (χ1n) is 6.84. The van der Waals surface area contributed by atoms with Crippen LogP contribution in [0.2, 0.25) is 0 Å². The van der Waals surface area contributed by atoms with E-state index < -0.39 is 0 Å². The summed E-state index contributed by atoms with van der Waals surface area (Å²) in [7, 11) is 3.13. The van der Waals surface area contributed by atoms with Crippen molar-refractivity contribution in [2.24, 2.45) is 0 Å². The maximum absolute atomic E-state index is 13.4. The van der Waals surface area contributed by atoms with Gasteiger partial charge in [-0.2, -0.15) is 0 Å². The fraction of sp³-hybridized carbons (Fsp3) is 0.294. The highest BCUT2D eigenvalue weighted by molar-refractivity contribution is 5.34. The molecule has 0 radical (unpaired) electrons. The maximum atomic E-state index is 13.4. The lowest BCUT2D eigenvalue weighted by Crippen LogP contribution is -2.18. The van der Waals surface area contributed by atoms with E-state index in [1.165, 1.54) is 13.2 Å². The summed E-state index contributed by atoms with van der Waals surface area (Å²) in [5, 5.41) is 3.40. The van der Waals surface area contributed by atoms with Crippen molar-refractivity contribution < 1.29 is 13.9 Å². The fourth-order valence-corrected chi connectivity index (χ4v) is 2.18. The van der Waals surface area contributed by atoms with Gasteiger partial charge in [-0.05, 0) is 30.7 Å². The van der Waals surface area contributed by atoms with Crippen molar-refractivity contribution in [3.05, 3.63) is 59.4 Å².